The van der Waals surface area contributed by atoms with Crippen molar-refractivity contribution in [1.82, 2.24) is 16.0 Å². The third kappa shape index (κ3) is 7.82. The van der Waals surface area contributed by atoms with Gasteiger partial charge in [-0.05, 0) is 88.9 Å². The van der Waals surface area contributed by atoms with E-state index in [0.717, 1.165) is 55.5 Å². The van der Waals surface area contributed by atoms with Crippen LogP contribution in [0.25, 0.3) is 0 Å². The Morgan fingerprint density at radius 1 is 1.00 bits per heavy atom. The van der Waals surface area contributed by atoms with E-state index in [1.807, 2.05) is 6.08 Å². The SMILES string of the molecule is NC1=CCCC(=NCC2CCC(CNCCCNC3CCCCC3)CC2)N1. The van der Waals surface area contributed by atoms with Crippen molar-refractivity contribution in [3.8, 4) is 0 Å². The summed E-state index contributed by atoms with van der Waals surface area (Å²) in [6.45, 7) is 4.52. The van der Waals surface area contributed by atoms with Gasteiger partial charge in [0.05, 0.1) is 5.82 Å². The van der Waals surface area contributed by atoms with Crippen molar-refractivity contribution < 1.29 is 0 Å². The molecule has 5 heteroatoms. The van der Waals surface area contributed by atoms with E-state index in [0.29, 0.717) is 0 Å². The van der Waals surface area contributed by atoms with Gasteiger partial charge in [0.25, 0.3) is 0 Å². The van der Waals surface area contributed by atoms with E-state index in [-0.39, 0.29) is 0 Å². The van der Waals surface area contributed by atoms with Gasteiger partial charge < -0.3 is 21.7 Å². The van der Waals surface area contributed by atoms with Crippen LogP contribution < -0.4 is 21.7 Å². The van der Waals surface area contributed by atoms with Gasteiger partial charge >= 0.3 is 0 Å². The molecule has 27 heavy (non-hydrogen) atoms. The summed E-state index contributed by atoms with van der Waals surface area (Å²) in [5, 5.41) is 10.6. The molecule has 2 aliphatic carbocycles. The van der Waals surface area contributed by atoms with E-state index in [1.165, 1.54) is 77.3 Å². The molecule has 154 valence electrons. The molecule has 0 aromatic carbocycles. The number of aliphatic imine (C=N–C) groups is 1. The second-order valence-corrected chi connectivity index (χ2v) is 8.84. The minimum Gasteiger partial charge on any atom is -0.385 e. The molecule has 0 amide bonds. The topological polar surface area (TPSA) is 74.5 Å². The van der Waals surface area contributed by atoms with Crippen molar-refractivity contribution in [3.05, 3.63) is 11.9 Å². The summed E-state index contributed by atoms with van der Waals surface area (Å²) in [5.41, 5.74) is 5.83. The highest BCUT2D eigenvalue weighted by molar-refractivity contribution is 5.84. The Morgan fingerprint density at radius 3 is 2.56 bits per heavy atom. The third-order valence-electron chi connectivity index (χ3n) is 6.54. The van der Waals surface area contributed by atoms with Crippen molar-refractivity contribution in [1.29, 1.82) is 0 Å². The maximum absolute atomic E-state index is 5.83. The molecular weight excluding hydrogens is 334 g/mol. The minimum absolute atomic E-state index is 0.766. The zero-order valence-electron chi connectivity index (χ0n) is 17.1. The highest BCUT2D eigenvalue weighted by atomic mass is 15.1. The lowest BCUT2D eigenvalue weighted by Gasteiger charge is -2.28. The predicted molar refractivity (Wildman–Crippen MR) is 115 cm³/mol. The number of nitrogens with two attached hydrogens (primary N) is 1. The predicted octanol–water partition coefficient (Wildman–Crippen LogP) is 3.28. The van der Waals surface area contributed by atoms with Gasteiger partial charge in [-0.1, -0.05) is 19.3 Å². The lowest BCUT2D eigenvalue weighted by Crippen LogP contribution is -2.34. The van der Waals surface area contributed by atoms with Crippen molar-refractivity contribution in [2.24, 2.45) is 22.6 Å². The average Bonchev–Trinajstić information content (AvgIpc) is 2.71. The van der Waals surface area contributed by atoms with E-state index in [2.05, 4.69) is 16.0 Å². The first-order valence-corrected chi connectivity index (χ1v) is 11.5. The molecular formula is C22H41N5. The molecule has 5 N–H and O–H groups in total. The molecule has 0 unspecified atom stereocenters. The molecule has 1 heterocycles. The molecule has 0 spiro atoms. The summed E-state index contributed by atoms with van der Waals surface area (Å²) in [7, 11) is 0. The maximum Gasteiger partial charge on any atom is 0.102 e. The van der Waals surface area contributed by atoms with Crippen LogP contribution in [0.3, 0.4) is 0 Å². The monoisotopic (exact) mass is 375 g/mol. The Balaban J connectivity index is 1.18. The number of amidine groups is 1. The van der Waals surface area contributed by atoms with Crippen LogP contribution in [-0.2, 0) is 0 Å². The smallest absolute Gasteiger partial charge is 0.102 e. The quantitative estimate of drug-likeness (QED) is 0.467. The van der Waals surface area contributed by atoms with Gasteiger partial charge in [-0.25, -0.2) is 0 Å². The van der Waals surface area contributed by atoms with Crippen LogP contribution in [0.5, 0.6) is 0 Å². The molecule has 1 aliphatic heterocycles. The van der Waals surface area contributed by atoms with Crippen LogP contribution in [0.4, 0.5) is 0 Å². The summed E-state index contributed by atoms with van der Waals surface area (Å²) in [4.78, 5) is 4.78. The molecule has 0 saturated heterocycles. The molecule has 3 rings (SSSR count). The van der Waals surface area contributed by atoms with E-state index < -0.39 is 0 Å². The first kappa shape index (κ1) is 20.7. The minimum atomic E-state index is 0.766. The molecule has 0 aromatic rings. The molecule has 2 saturated carbocycles. The molecule has 0 aromatic heterocycles. The largest absolute Gasteiger partial charge is 0.385 e. The molecule has 0 bridgehead atoms. The van der Waals surface area contributed by atoms with Crippen LogP contribution in [0.1, 0.15) is 77.0 Å². The summed E-state index contributed by atoms with van der Waals surface area (Å²) in [5.74, 6) is 3.48. The number of hydrogen-bond donors (Lipinski definition) is 4. The lowest BCUT2D eigenvalue weighted by molar-refractivity contribution is 0.272. The van der Waals surface area contributed by atoms with Gasteiger partial charge in [0.15, 0.2) is 0 Å². The van der Waals surface area contributed by atoms with E-state index in [4.69, 9.17) is 10.7 Å². The van der Waals surface area contributed by atoms with E-state index >= 15 is 0 Å². The van der Waals surface area contributed by atoms with Crippen LogP contribution in [0, 0.1) is 11.8 Å². The summed E-state index contributed by atoms with van der Waals surface area (Å²) < 4.78 is 0. The highest BCUT2D eigenvalue weighted by Crippen LogP contribution is 2.28. The second-order valence-electron chi connectivity index (χ2n) is 8.84. The average molecular weight is 376 g/mol. The summed E-state index contributed by atoms with van der Waals surface area (Å²) in [6, 6.07) is 0.800. The number of allylic oxidation sites excluding steroid dienone is 1. The standard InChI is InChI=1S/C22H41N5/c23-21-8-4-9-22(27-21)26-17-19-12-10-18(11-13-19)16-24-14-5-15-25-20-6-2-1-3-7-20/h8,18-20,24-25H,1-7,9-17,23H2,(H,26,27). The zero-order chi connectivity index (χ0) is 18.7. The van der Waals surface area contributed by atoms with Gasteiger partial charge in [-0.15, -0.1) is 0 Å². The van der Waals surface area contributed by atoms with Crippen LogP contribution in [-0.4, -0.2) is 38.1 Å². The molecule has 0 radical (unpaired) electrons. The lowest BCUT2D eigenvalue weighted by atomic mass is 9.82. The summed E-state index contributed by atoms with van der Waals surface area (Å²) in [6.07, 6.45) is 17.8. The molecule has 5 nitrogen and oxygen atoms in total. The number of rotatable bonds is 9. The number of hydrogen-bond acceptors (Lipinski definition) is 4. The van der Waals surface area contributed by atoms with Gasteiger partial charge in [0.1, 0.15) is 5.84 Å². The Labute approximate surface area is 166 Å². The second kappa shape index (κ2) is 11.7. The van der Waals surface area contributed by atoms with Gasteiger partial charge in [-0.2, -0.15) is 0 Å². The van der Waals surface area contributed by atoms with Crippen LogP contribution in [0.15, 0.2) is 16.9 Å². The first-order valence-electron chi connectivity index (χ1n) is 11.5. The van der Waals surface area contributed by atoms with Crippen molar-refractivity contribution in [2.45, 2.75) is 83.1 Å². The van der Waals surface area contributed by atoms with Crippen molar-refractivity contribution in [2.75, 3.05) is 26.2 Å². The van der Waals surface area contributed by atoms with Gasteiger partial charge in [0, 0.05) is 19.0 Å². The Hall–Kier alpha value is -1.07. The summed E-state index contributed by atoms with van der Waals surface area (Å²) >= 11 is 0. The highest BCUT2D eigenvalue weighted by Gasteiger charge is 2.21. The Kier molecular flexibility index (Phi) is 8.95. The molecule has 0 atom stereocenters. The fourth-order valence-corrected chi connectivity index (χ4v) is 4.75. The molecule has 3 aliphatic rings. The fraction of sp³-hybridized carbons (Fsp3) is 0.864. The fourth-order valence-electron chi connectivity index (χ4n) is 4.75. The number of nitrogens with zero attached hydrogens (tertiary/aromatic N) is 1. The Morgan fingerprint density at radius 2 is 1.78 bits per heavy atom. The van der Waals surface area contributed by atoms with E-state index in [9.17, 15) is 0 Å². The third-order valence-corrected chi connectivity index (χ3v) is 6.54. The van der Waals surface area contributed by atoms with E-state index in [1.54, 1.807) is 0 Å². The van der Waals surface area contributed by atoms with Crippen molar-refractivity contribution >= 4 is 5.84 Å². The number of nitrogens with one attached hydrogen (secondary N) is 3. The molecule has 2 fully saturated rings. The van der Waals surface area contributed by atoms with Crippen molar-refractivity contribution in [3.63, 3.8) is 0 Å². The Bertz CT molecular complexity index is 473. The first-order chi connectivity index (χ1) is 13.3. The van der Waals surface area contributed by atoms with Gasteiger partial charge in [-0.3, -0.25) is 4.99 Å². The van der Waals surface area contributed by atoms with Crippen LogP contribution >= 0.6 is 0 Å². The zero-order valence-corrected chi connectivity index (χ0v) is 17.1. The maximum atomic E-state index is 5.83. The normalized spacial score (nSPS) is 28.7. The van der Waals surface area contributed by atoms with Crippen LogP contribution in [0.2, 0.25) is 0 Å². The van der Waals surface area contributed by atoms with Gasteiger partial charge in [0.2, 0.25) is 0 Å².